The van der Waals surface area contributed by atoms with E-state index in [1.165, 1.54) is 23.3 Å². The maximum atomic E-state index is 12.3. The van der Waals surface area contributed by atoms with Crippen LogP contribution in [0.15, 0.2) is 18.2 Å². The van der Waals surface area contributed by atoms with Crippen molar-refractivity contribution in [1.29, 1.82) is 0 Å². The van der Waals surface area contributed by atoms with E-state index < -0.39 is 0 Å². The molecule has 1 aliphatic carbocycles. The minimum Gasteiger partial charge on any atom is -0.360 e. The zero-order valence-electron chi connectivity index (χ0n) is 14.5. The lowest BCUT2D eigenvalue weighted by molar-refractivity contribution is -0.895. The molecule has 24 heavy (non-hydrogen) atoms. The number of hydrogen-bond acceptors (Lipinski definition) is 2. The molecule has 0 unspecified atom stereocenters. The van der Waals surface area contributed by atoms with Gasteiger partial charge in [-0.05, 0) is 56.1 Å². The van der Waals surface area contributed by atoms with E-state index >= 15 is 0 Å². The first kappa shape index (κ1) is 17.2. The van der Waals surface area contributed by atoms with Gasteiger partial charge in [-0.2, -0.15) is 0 Å². The molecule has 1 heterocycles. The number of rotatable bonds is 4. The summed E-state index contributed by atoms with van der Waals surface area (Å²) in [4.78, 5) is 15.9. The number of nitrogens with zero attached hydrogens (tertiary/aromatic N) is 1. The Labute approximate surface area is 149 Å². The van der Waals surface area contributed by atoms with Crippen LogP contribution in [0, 0.1) is 13.8 Å². The zero-order chi connectivity index (χ0) is 17.1. The van der Waals surface area contributed by atoms with Crippen LogP contribution in [0.1, 0.15) is 24.0 Å². The van der Waals surface area contributed by atoms with Gasteiger partial charge in [0.2, 0.25) is 0 Å². The summed E-state index contributed by atoms with van der Waals surface area (Å²) in [5, 5.41) is 7.33. The minimum absolute atomic E-state index is 0.0887. The Morgan fingerprint density at radius 2 is 2.00 bits per heavy atom. The fourth-order valence-electron chi connectivity index (χ4n) is 3.00. The third-order valence-electron chi connectivity index (χ3n) is 4.95. The van der Waals surface area contributed by atoms with Crippen molar-refractivity contribution in [2.45, 2.75) is 32.7 Å². The van der Waals surface area contributed by atoms with Crippen molar-refractivity contribution in [3.63, 3.8) is 0 Å². The average Bonchev–Trinajstić information content (AvgIpc) is 3.36. The van der Waals surface area contributed by atoms with Crippen LogP contribution >= 0.6 is 12.2 Å². The summed E-state index contributed by atoms with van der Waals surface area (Å²) >= 11 is 5.46. The topological polar surface area (TPSA) is 48.8 Å². The first-order valence-corrected chi connectivity index (χ1v) is 9.19. The van der Waals surface area contributed by atoms with Crippen LogP contribution in [0.3, 0.4) is 0 Å². The van der Waals surface area contributed by atoms with Gasteiger partial charge in [-0.25, -0.2) is 0 Å². The number of thiocarbonyl (C=S) groups is 1. The molecule has 2 aliphatic rings. The van der Waals surface area contributed by atoms with E-state index in [0.29, 0.717) is 12.6 Å². The number of carbonyl (C=O) groups excluding carboxylic acids is 1. The minimum atomic E-state index is 0.0887. The first-order valence-electron chi connectivity index (χ1n) is 8.78. The predicted molar refractivity (Wildman–Crippen MR) is 100 cm³/mol. The molecular weight excluding hydrogens is 320 g/mol. The van der Waals surface area contributed by atoms with Gasteiger partial charge in [0.1, 0.15) is 0 Å². The largest absolute Gasteiger partial charge is 0.360 e. The molecule has 0 bridgehead atoms. The lowest BCUT2D eigenvalue weighted by atomic mass is 10.1. The van der Waals surface area contributed by atoms with Gasteiger partial charge in [-0.1, -0.05) is 12.1 Å². The summed E-state index contributed by atoms with van der Waals surface area (Å²) < 4.78 is 0. The van der Waals surface area contributed by atoms with Gasteiger partial charge in [-0.15, -0.1) is 0 Å². The normalized spacial score (nSPS) is 18.3. The number of anilines is 1. The standard InChI is InChI=1S/C18H26N4OS/c1-13-4-3-5-16(14(13)2)20-17(23)12-21-8-10-22(11-9-21)18(24)19-15-6-7-15/h3-5,15H,6-12H2,1-2H3,(H,19,24)(H,20,23)/p+1. The fourth-order valence-corrected chi connectivity index (χ4v) is 3.35. The van der Waals surface area contributed by atoms with E-state index in [9.17, 15) is 4.79 Å². The Morgan fingerprint density at radius 1 is 1.29 bits per heavy atom. The molecule has 0 radical (unpaired) electrons. The van der Waals surface area contributed by atoms with Crippen LogP contribution < -0.4 is 15.5 Å². The van der Waals surface area contributed by atoms with Crippen LogP contribution in [-0.2, 0) is 4.79 Å². The maximum Gasteiger partial charge on any atom is 0.279 e. The van der Waals surface area contributed by atoms with E-state index in [4.69, 9.17) is 12.2 Å². The Balaban J connectivity index is 1.44. The quantitative estimate of drug-likeness (QED) is 0.694. The van der Waals surface area contributed by atoms with E-state index in [0.717, 1.165) is 42.5 Å². The molecule has 2 fully saturated rings. The van der Waals surface area contributed by atoms with Gasteiger partial charge in [0, 0.05) is 11.7 Å². The van der Waals surface area contributed by atoms with Crippen molar-refractivity contribution in [2.24, 2.45) is 0 Å². The summed E-state index contributed by atoms with van der Waals surface area (Å²) in [5.41, 5.74) is 3.26. The average molecular weight is 348 g/mol. The molecule has 1 aromatic rings. The van der Waals surface area contributed by atoms with Crippen LogP contribution in [0.5, 0.6) is 0 Å². The molecule has 0 aromatic heterocycles. The second-order valence-corrected chi connectivity index (χ2v) is 7.32. The van der Waals surface area contributed by atoms with Crippen molar-refractivity contribution >= 4 is 28.9 Å². The smallest absolute Gasteiger partial charge is 0.279 e. The third-order valence-corrected chi connectivity index (χ3v) is 5.33. The summed E-state index contributed by atoms with van der Waals surface area (Å²) in [5.74, 6) is 0.0887. The number of aryl methyl sites for hydroxylation is 1. The highest BCUT2D eigenvalue weighted by Gasteiger charge is 2.27. The van der Waals surface area contributed by atoms with Gasteiger partial charge in [0.25, 0.3) is 5.91 Å². The third kappa shape index (κ3) is 4.45. The van der Waals surface area contributed by atoms with E-state index in [1.807, 2.05) is 19.1 Å². The van der Waals surface area contributed by atoms with Crippen LogP contribution in [0.25, 0.3) is 0 Å². The molecule has 3 N–H and O–H groups in total. The Kier molecular flexibility index (Phi) is 5.36. The second kappa shape index (κ2) is 7.49. The molecule has 6 heteroatoms. The van der Waals surface area contributed by atoms with Gasteiger partial charge >= 0.3 is 0 Å². The summed E-state index contributed by atoms with van der Waals surface area (Å²) in [6.45, 7) is 8.37. The highest BCUT2D eigenvalue weighted by atomic mass is 32.1. The van der Waals surface area contributed by atoms with Crippen molar-refractivity contribution in [3.8, 4) is 0 Å². The molecule has 1 saturated carbocycles. The monoisotopic (exact) mass is 347 g/mol. The van der Waals surface area contributed by atoms with Gasteiger partial charge in [-0.3, -0.25) is 4.79 Å². The molecule has 0 atom stereocenters. The second-order valence-electron chi connectivity index (χ2n) is 6.93. The number of benzene rings is 1. The SMILES string of the molecule is Cc1cccc(NC(=O)C[NH+]2CCN(C(=S)NC3CC3)CC2)c1C. The number of piperazine rings is 1. The molecule has 1 aliphatic heterocycles. The Morgan fingerprint density at radius 3 is 2.67 bits per heavy atom. The maximum absolute atomic E-state index is 12.3. The lowest BCUT2D eigenvalue weighted by Gasteiger charge is -2.33. The Hall–Kier alpha value is -1.66. The number of carbonyl (C=O) groups is 1. The number of hydrogen-bond donors (Lipinski definition) is 3. The molecule has 3 rings (SSSR count). The molecule has 1 saturated heterocycles. The fraction of sp³-hybridized carbons (Fsp3) is 0.556. The zero-order valence-corrected chi connectivity index (χ0v) is 15.3. The van der Waals surface area contributed by atoms with E-state index in [2.05, 4.69) is 28.5 Å². The lowest BCUT2D eigenvalue weighted by Crippen LogP contribution is -3.15. The number of amides is 1. The van der Waals surface area contributed by atoms with Crippen molar-refractivity contribution < 1.29 is 9.69 Å². The number of nitrogens with one attached hydrogen (secondary N) is 3. The molecule has 5 nitrogen and oxygen atoms in total. The molecule has 0 spiro atoms. The van der Waals surface area contributed by atoms with Gasteiger partial charge in [0.15, 0.2) is 11.7 Å². The summed E-state index contributed by atoms with van der Waals surface area (Å²) in [6.07, 6.45) is 2.48. The highest BCUT2D eigenvalue weighted by Crippen LogP contribution is 2.19. The molecule has 130 valence electrons. The van der Waals surface area contributed by atoms with Crippen molar-refractivity contribution in [1.82, 2.24) is 10.2 Å². The van der Waals surface area contributed by atoms with Gasteiger partial charge < -0.3 is 20.4 Å². The molecule has 1 amide bonds. The first-order chi connectivity index (χ1) is 11.5. The van der Waals surface area contributed by atoms with Crippen LogP contribution in [0.4, 0.5) is 5.69 Å². The van der Waals surface area contributed by atoms with Crippen LogP contribution in [0.2, 0.25) is 0 Å². The van der Waals surface area contributed by atoms with Crippen molar-refractivity contribution in [3.05, 3.63) is 29.3 Å². The summed E-state index contributed by atoms with van der Waals surface area (Å²) in [7, 11) is 0. The van der Waals surface area contributed by atoms with Crippen molar-refractivity contribution in [2.75, 3.05) is 38.0 Å². The molecule has 1 aromatic carbocycles. The Bertz CT molecular complexity index is 621. The number of quaternary nitrogens is 1. The highest BCUT2D eigenvalue weighted by molar-refractivity contribution is 7.80. The van der Waals surface area contributed by atoms with Crippen LogP contribution in [-0.4, -0.2) is 54.7 Å². The van der Waals surface area contributed by atoms with Gasteiger partial charge in [0.05, 0.1) is 26.2 Å². The van der Waals surface area contributed by atoms with E-state index in [1.54, 1.807) is 0 Å². The molecular formula is C18H27N4OS+. The van der Waals surface area contributed by atoms with E-state index in [-0.39, 0.29) is 5.91 Å². The summed E-state index contributed by atoms with van der Waals surface area (Å²) in [6, 6.07) is 6.62. The predicted octanol–water partition coefficient (Wildman–Crippen LogP) is 0.479.